The molecule has 0 saturated heterocycles. The van der Waals surface area contributed by atoms with Crippen molar-refractivity contribution in [2.75, 3.05) is 19.4 Å². The molecule has 0 aliphatic heterocycles. The van der Waals surface area contributed by atoms with Crippen molar-refractivity contribution in [3.63, 3.8) is 0 Å². The minimum atomic E-state index is -0.659. The van der Waals surface area contributed by atoms with E-state index in [0.29, 0.717) is 5.69 Å². The minimum Gasteiger partial charge on any atom is -0.345 e. The van der Waals surface area contributed by atoms with Gasteiger partial charge in [-0.25, -0.2) is 4.39 Å². The van der Waals surface area contributed by atoms with E-state index < -0.39 is 17.8 Å². The van der Waals surface area contributed by atoms with E-state index in [4.69, 9.17) is 5.73 Å². The van der Waals surface area contributed by atoms with E-state index in [-0.39, 0.29) is 17.4 Å². The van der Waals surface area contributed by atoms with E-state index in [1.807, 2.05) is 13.8 Å². The number of halogens is 1. The van der Waals surface area contributed by atoms with Crippen molar-refractivity contribution in [3.05, 3.63) is 29.6 Å². The Labute approximate surface area is 117 Å². The van der Waals surface area contributed by atoms with E-state index in [2.05, 4.69) is 5.32 Å². The molecule has 0 aromatic heterocycles. The Kier molecular flexibility index (Phi) is 5.21. The van der Waals surface area contributed by atoms with Gasteiger partial charge in [0.15, 0.2) is 0 Å². The average molecular weight is 281 g/mol. The number of hydrogen-bond acceptors (Lipinski definition) is 3. The fraction of sp³-hybridized carbons (Fsp3) is 0.429. The van der Waals surface area contributed by atoms with Gasteiger partial charge < -0.3 is 16.0 Å². The number of nitrogens with one attached hydrogen (secondary N) is 1. The molecule has 5 nitrogen and oxygen atoms in total. The first-order chi connectivity index (χ1) is 9.23. The van der Waals surface area contributed by atoms with Crippen LogP contribution in [0.2, 0.25) is 0 Å². The van der Waals surface area contributed by atoms with Gasteiger partial charge in [-0.3, -0.25) is 9.59 Å². The van der Waals surface area contributed by atoms with Crippen LogP contribution in [0.25, 0.3) is 0 Å². The molecule has 3 N–H and O–H groups in total. The third-order valence-electron chi connectivity index (χ3n) is 2.89. The Morgan fingerprint density at radius 3 is 2.40 bits per heavy atom. The van der Waals surface area contributed by atoms with Gasteiger partial charge in [-0.15, -0.1) is 0 Å². The molecule has 0 radical (unpaired) electrons. The molecule has 20 heavy (non-hydrogen) atoms. The molecule has 1 rings (SSSR count). The zero-order valence-corrected chi connectivity index (χ0v) is 12.1. The number of nitrogens with zero attached hydrogens (tertiary/aromatic N) is 1. The summed E-state index contributed by atoms with van der Waals surface area (Å²) in [7, 11) is 3.06. The Morgan fingerprint density at radius 1 is 1.30 bits per heavy atom. The molecular formula is C14H20FN3O2. The molecule has 0 bridgehead atoms. The fourth-order valence-electron chi connectivity index (χ4n) is 1.54. The standard InChI is InChI=1S/C14H20FN3O2/c1-8(2)12(16)13(19)17-9-5-6-11(15)10(7-9)14(20)18(3)4/h5-8,12H,16H2,1-4H3,(H,17,19)/t12-/m0/s1. The minimum absolute atomic E-state index is 0.0154. The van der Waals surface area contributed by atoms with Gasteiger partial charge in [0.25, 0.3) is 5.91 Å². The lowest BCUT2D eigenvalue weighted by atomic mass is 10.0. The lowest BCUT2D eigenvalue weighted by molar-refractivity contribution is -0.118. The van der Waals surface area contributed by atoms with Crippen molar-refractivity contribution < 1.29 is 14.0 Å². The van der Waals surface area contributed by atoms with Crippen molar-refractivity contribution >= 4 is 17.5 Å². The summed E-state index contributed by atoms with van der Waals surface area (Å²) in [5, 5.41) is 2.58. The van der Waals surface area contributed by atoms with Crippen molar-refractivity contribution in [3.8, 4) is 0 Å². The van der Waals surface area contributed by atoms with Crippen LogP contribution in [-0.2, 0) is 4.79 Å². The van der Waals surface area contributed by atoms with Crippen molar-refractivity contribution in [1.29, 1.82) is 0 Å². The average Bonchev–Trinajstić information content (AvgIpc) is 2.38. The van der Waals surface area contributed by atoms with E-state index in [1.54, 1.807) is 0 Å². The highest BCUT2D eigenvalue weighted by Gasteiger charge is 2.19. The van der Waals surface area contributed by atoms with Gasteiger partial charge in [-0.1, -0.05) is 13.8 Å². The molecular weight excluding hydrogens is 261 g/mol. The SMILES string of the molecule is CC(C)[C@H](N)C(=O)Nc1ccc(F)c(C(=O)N(C)C)c1. The summed E-state index contributed by atoms with van der Waals surface area (Å²) in [5.41, 5.74) is 5.98. The number of benzene rings is 1. The molecule has 0 fully saturated rings. The summed E-state index contributed by atoms with van der Waals surface area (Å²) < 4.78 is 13.6. The largest absolute Gasteiger partial charge is 0.345 e. The number of carbonyl (C=O) groups is 2. The van der Waals surface area contributed by atoms with Gasteiger partial charge in [-0.2, -0.15) is 0 Å². The van der Waals surface area contributed by atoms with Gasteiger partial charge in [0.2, 0.25) is 5.91 Å². The second-order valence-electron chi connectivity index (χ2n) is 5.15. The zero-order valence-electron chi connectivity index (χ0n) is 12.1. The quantitative estimate of drug-likeness (QED) is 0.877. The Hall–Kier alpha value is -1.95. The van der Waals surface area contributed by atoms with Gasteiger partial charge in [0, 0.05) is 19.8 Å². The molecule has 0 saturated carbocycles. The summed E-state index contributed by atoms with van der Waals surface area (Å²) in [6.07, 6.45) is 0. The summed E-state index contributed by atoms with van der Waals surface area (Å²) in [6.45, 7) is 3.66. The highest BCUT2D eigenvalue weighted by atomic mass is 19.1. The summed E-state index contributed by atoms with van der Waals surface area (Å²) in [6, 6.07) is 3.19. The molecule has 6 heteroatoms. The number of anilines is 1. The number of hydrogen-bond donors (Lipinski definition) is 2. The Morgan fingerprint density at radius 2 is 1.90 bits per heavy atom. The number of amides is 2. The van der Waals surface area contributed by atoms with Crippen LogP contribution < -0.4 is 11.1 Å². The molecule has 1 aromatic rings. The zero-order chi connectivity index (χ0) is 15.4. The van der Waals surface area contributed by atoms with Crippen LogP contribution in [0.1, 0.15) is 24.2 Å². The molecule has 0 aliphatic rings. The molecule has 0 heterocycles. The normalized spacial score (nSPS) is 12.2. The maximum Gasteiger partial charge on any atom is 0.256 e. The van der Waals surface area contributed by atoms with Gasteiger partial charge in [-0.05, 0) is 24.1 Å². The highest BCUT2D eigenvalue weighted by molar-refractivity contribution is 5.98. The van der Waals surface area contributed by atoms with Crippen LogP contribution >= 0.6 is 0 Å². The number of rotatable bonds is 4. The molecule has 0 spiro atoms. The van der Waals surface area contributed by atoms with Gasteiger partial charge in [0.1, 0.15) is 5.82 Å². The highest BCUT2D eigenvalue weighted by Crippen LogP contribution is 2.16. The predicted octanol–water partition coefficient (Wildman–Crippen LogP) is 1.45. The second-order valence-corrected chi connectivity index (χ2v) is 5.15. The maximum atomic E-state index is 13.6. The third kappa shape index (κ3) is 3.77. The topological polar surface area (TPSA) is 75.4 Å². The first kappa shape index (κ1) is 16.1. The fourth-order valence-corrected chi connectivity index (χ4v) is 1.54. The Bertz CT molecular complexity index is 515. The van der Waals surface area contributed by atoms with Crippen LogP contribution in [0.4, 0.5) is 10.1 Å². The lowest BCUT2D eigenvalue weighted by Gasteiger charge is -2.16. The van der Waals surface area contributed by atoms with Crippen molar-refractivity contribution in [2.45, 2.75) is 19.9 Å². The monoisotopic (exact) mass is 281 g/mol. The van der Waals surface area contributed by atoms with Gasteiger partial charge in [0.05, 0.1) is 11.6 Å². The first-order valence-corrected chi connectivity index (χ1v) is 6.31. The number of carbonyl (C=O) groups excluding carboxylic acids is 2. The number of nitrogens with two attached hydrogens (primary N) is 1. The molecule has 1 aromatic carbocycles. The van der Waals surface area contributed by atoms with E-state index in [9.17, 15) is 14.0 Å². The summed E-state index contributed by atoms with van der Waals surface area (Å²) in [4.78, 5) is 24.9. The van der Waals surface area contributed by atoms with Crippen LogP contribution in [0.3, 0.4) is 0 Å². The lowest BCUT2D eigenvalue weighted by Crippen LogP contribution is -2.39. The molecule has 0 unspecified atom stereocenters. The molecule has 110 valence electrons. The maximum absolute atomic E-state index is 13.6. The Balaban J connectivity index is 2.96. The van der Waals surface area contributed by atoms with Crippen LogP contribution in [0.15, 0.2) is 18.2 Å². The summed E-state index contributed by atoms with van der Waals surface area (Å²) in [5.74, 6) is -1.48. The molecule has 1 atom stereocenters. The predicted molar refractivity (Wildman–Crippen MR) is 75.9 cm³/mol. The summed E-state index contributed by atoms with van der Waals surface area (Å²) >= 11 is 0. The molecule has 2 amide bonds. The van der Waals surface area contributed by atoms with E-state index in [0.717, 1.165) is 6.07 Å². The first-order valence-electron chi connectivity index (χ1n) is 6.31. The van der Waals surface area contributed by atoms with Crippen molar-refractivity contribution in [1.82, 2.24) is 4.90 Å². The van der Waals surface area contributed by atoms with E-state index >= 15 is 0 Å². The van der Waals surface area contributed by atoms with Crippen molar-refractivity contribution in [2.24, 2.45) is 11.7 Å². The van der Waals surface area contributed by atoms with Crippen LogP contribution in [0, 0.1) is 11.7 Å². The van der Waals surface area contributed by atoms with Gasteiger partial charge >= 0.3 is 0 Å². The van der Waals surface area contributed by atoms with Crippen LogP contribution in [0.5, 0.6) is 0 Å². The third-order valence-corrected chi connectivity index (χ3v) is 2.89. The second kappa shape index (κ2) is 6.47. The van der Waals surface area contributed by atoms with Crippen LogP contribution in [-0.4, -0.2) is 36.9 Å². The molecule has 0 aliphatic carbocycles. The van der Waals surface area contributed by atoms with E-state index in [1.165, 1.54) is 31.1 Å². The smallest absolute Gasteiger partial charge is 0.256 e.